The number of amides is 1. The van der Waals surface area contributed by atoms with Gasteiger partial charge in [-0.25, -0.2) is 4.79 Å². The number of hydrogen-bond acceptors (Lipinski definition) is 6. The van der Waals surface area contributed by atoms with Crippen molar-refractivity contribution >= 4 is 11.9 Å². The predicted octanol–water partition coefficient (Wildman–Crippen LogP) is -1.42. The van der Waals surface area contributed by atoms with E-state index in [4.69, 9.17) is 10.6 Å². The van der Waals surface area contributed by atoms with E-state index in [1.165, 1.54) is 12.2 Å². The monoisotopic (exact) mass is 231 g/mol. The lowest BCUT2D eigenvalue weighted by Crippen LogP contribution is -2.47. The maximum Gasteiger partial charge on any atom is 0.337 e. The van der Waals surface area contributed by atoms with Gasteiger partial charge < -0.3 is 15.8 Å². The van der Waals surface area contributed by atoms with Gasteiger partial charge in [0, 0.05) is 13.5 Å². The number of hydroxylamine groups is 2. The molecule has 0 aromatic heterocycles. The Hall–Kier alpha value is -1.18. The molecule has 0 aromatic carbocycles. The topological polar surface area (TPSA) is 93.9 Å². The standard InChI is InChI=1S/C9H17N3O4/c1-5(10)8(13)11-7-4-6(9(14)15-3)16-12(7)2/h5-7H,4,10H2,1-3H3,(H,11,13)/t5-,6+,7-/m0/s1. The molecule has 3 N–H and O–H groups in total. The average molecular weight is 231 g/mol. The fourth-order valence-corrected chi connectivity index (χ4v) is 1.38. The summed E-state index contributed by atoms with van der Waals surface area (Å²) in [5.41, 5.74) is 5.42. The SMILES string of the molecule is COC(=O)[C@H]1C[C@@H](NC(=O)[C@H](C)N)N(C)O1. The molecule has 3 atom stereocenters. The minimum atomic E-state index is -0.673. The van der Waals surface area contributed by atoms with Gasteiger partial charge in [-0.1, -0.05) is 0 Å². The minimum absolute atomic E-state index is 0.286. The summed E-state index contributed by atoms with van der Waals surface area (Å²) in [5, 5.41) is 4.08. The third-order valence-corrected chi connectivity index (χ3v) is 2.36. The van der Waals surface area contributed by atoms with Gasteiger partial charge in [-0.15, -0.1) is 0 Å². The Bertz CT molecular complexity index is 282. The largest absolute Gasteiger partial charge is 0.467 e. The van der Waals surface area contributed by atoms with E-state index in [-0.39, 0.29) is 12.1 Å². The van der Waals surface area contributed by atoms with E-state index in [0.29, 0.717) is 6.42 Å². The lowest BCUT2D eigenvalue weighted by molar-refractivity contribution is -0.180. The average Bonchev–Trinajstić information content (AvgIpc) is 2.59. The number of carbonyl (C=O) groups excluding carboxylic acids is 2. The number of nitrogens with two attached hydrogens (primary N) is 1. The molecular weight excluding hydrogens is 214 g/mol. The van der Waals surface area contributed by atoms with Crippen LogP contribution in [0.25, 0.3) is 0 Å². The first-order valence-corrected chi connectivity index (χ1v) is 4.99. The first kappa shape index (κ1) is 12.9. The van der Waals surface area contributed by atoms with Gasteiger partial charge in [-0.2, -0.15) is 5.06 Å². The molecule has 1 fully saturated rings. The van der Waals surface area contributed by atoms with E-state index in [9.17, 15) is 9.59 Å². The van der Waals surface area contributed by atoms with Crippen molar-refractivity contribution in [3.63, 3.8) is 0 Å². The van der Waals surface area contributed by atoms with Gasteiger partial charge in [0.15, 0.2) is 6.10 Å². The predicted molar refractivity (Wildman–Crippen MR) is 54.8 cm³/mol. The summed E-state index contributed by atoms with van der Waals surface area (Å²) in [6.45, 7) is 1.59. The molecule has 0 bridgehead atoms. The van der Waals surface area contributed by atoms with Crippen molar-refractivity contribution in [2.75, 3.05) is 14.2 Å². The van der Waals surface area contributed by atoms with Crippen LogP contribution in [0, 0.1) is 0 Å². The lowest BCUT2D eigenvalue weighted by Gasteiger charge is -2.19. The summed E-state index contributed by atoms with van der Waals surface area (Å²) in [6.07, 6.45) is -0.683. The molecule has 1 amide bonds. The molecule has 1 aliphatic rings. The van der Waals surface area contributed by atoms with E-state index < -0.39 is 18.1 Å². The van der Waals surface area contributed by atoms with Gasteiger partial charge in [0.1, 0.15) is 6.17 Å². The number of esters is 1. The lowest BCUT2D eigenvalue weighted by atomic mass is 10.2. The van der Waals surface area contributed by atoms with E-state index in [1.54, 1.807) is 14.0 Å². The van der Waals surface area contributed by atoms with Crippen molar-refractivity contribution in [2.24, 2.45) is 5.73 Å². The van der Waals surface area contributed by atoms with Gasteiger partial charge in [-0.05, 0) is 6.92 Å². The van der Waals surface area contributed by atoms with Gasteiger partial charge in [0.25, 0.3) is 0 Å². The van der Waals surface area contributed by atoms with Crippen molar-refractivity contribution in [3.8, 4) is 0 Å². The summed E-state index contributed by atoms with van der Waals surface area (Å²) in [5.74, 6) is -0.740. The molecule has 0 saturated carbocycles. The smallest absolute Gasteiger partial charge is 0.337 e. The van der Waals surface area contributed by atoms with E-state index in [2.05, 4.69) is 10.1 Å². The van der Waals surface area contributed by atoms with E-state index >= 15 is 0 Å². The summed E-state index contributed by atoms with van der Waals surface area (Å²) < 4.78 is 4.56. The highest BCUT2D eigenvalue weighted by atomic mass is 16.7. The van der Waals surface area contributed by atoms with Crippen LogP contribution >= 0.6 is 0 Å². The van der Waals surface area contributed by atoms with Crippen LogP contribution < -0.4 is 11.1 Å². The molecule has 0 aliphatic carbocycles. The van der Waals surface area contributed by atoms with Crippen LogP contribution in [0.15, 0.2) is 0 Å². The number of carbonyl (C=O) groups is 2. The highest BCUT2D eigenvalue weighted by Gasteiger charge is 2.37. The van der Waals surface area contributed by atoms with Crippen molar-refractivity contribution in [3.05, 3.63) is 0 Å². The second-order valence-corrected chi connectivity index (χ2v) is 3.71. The van der Waals surface area contributed by atoms with Gasteiger partial charge in [-0.3, -0.25) is 9.63 Å². The molecule has 0 radical (unpaired) electrons. The number of methoxy groups -OCH3 is 1. The Morgan fingerprint density at radius 3 is 2.75 bits per heavy atom. The summed E-state index contributed by atoms with van der Waals surface area (Å²) in [7, 11) is 2.93. The molecule has 0 spiro atoms. The number of nitrogens with one attached hydrogen (secondary N) is 1. The molecule has 7 heteroatoms. The molecule has 1 heterocycles. The number of nitrogens with zero attached hydrogens (tertiary/aromatic N) is 1. The molecule has 7 nitrogen and oxygen atoms in total. The Morgan fingerprint density at radius 2 is 2.25 bits per heavy atom. The van der Waals surface area contributed by atoms with E-state index in [1.807, 2.05) is 0 Å². The van der Waals surface area contributed by atoms with Crippen molar-refractivity contribution < 1.29 is 19.2 Å². The zero-order valence-electron chi connectivity index (χ0n) is 9.60. The van der Waals surface area contributed by atoms with Gasteiger partial charge in [0.2, 0.25) is 5.91 Å². The normalized spacial score (nSPS) is 27.5. The van der Waals surface area contributed by atoms with Crippen LogP contribution in [-0.4, -0.2) is 49.4 Å². The highest BCUT2D eigenvalue weighted by Crippen LogP contribution is 2.18. The Morgan fingerprint density at radius 1 is 1.62 bits per heavy atom. The van der Waals surface area contributed by atoms with Gasteiger partial charge in [0.05, 0.1) is 13.2 Å². The Balaban J connectivity index is 2.51. The Kier molecular flexibility index (Phi) is 4.22. The summed E-state index contributed by atoms with van der Waals surface area (Å²) >= 11 is 0. The third-order valence-electron chi connectivity index (χ3n) is 2.36. The van der Waals surface area contributed by atoms with Crippen LogP contribution in [0.3, 0.4) is 0 Å². The Labute approximate surface area is 93.8 Å². The summed E-state index contributed by atoms with van der Waals surface area (Å²) in [6, 6.07) is -0.592. The quantitative estimate of drug-likeness (QED) is 0.579. The first-order valence-electron chi connectivity index (χ1n) is 4.99. The maximum atomic E-state index is 11.4. The van der Waals surface area contributed by atoms with Crippen molar-refractivity contribution in [2.45, 2.75) is 31.7 Å². The van der Waals surface area contributed by atoms with Crippen molar-refractivity contribution in [1.82, 2.24) is 10.4 Å². The zero-order chi connectivity index (χ0) is 12.3. The molecule has 0 unspecified atom stereocenters. The minimum Gasteiger partial charge on any atom is -0.467 e. The second kappa shape index (κ2) is 5.24. The fourth-order valence-electron chi connectivity index (χ4n) is 1.38. The molecule has 1 rings (SSSR count). The van der Waals surface area contributed by atoms with Crippen LogP contribution in [0.1, 0.15) is 13.3 Å². The molecule has 1 saturated heterocycles. The molecular formula is C9H17N3O4. The third kappa shape index (κ3) is 2.91. The first-order chi connectivity index (χ1) is 7.45. The number of hydrogen-bond donors (Lipinski definition) is 2. The van der Waals surface area contributed by atoms with E-state index in [0.717, 1.165) is 0 Å². The van der Waals surface area contributed by atoms with Crippen LogP contribution in [0.5, 0.6) is 0 Å². The van der Waals surface area contributed by atoms with Crippen LogP contribution in [0.2, 0.25) is 0 Å². The van der Waals surface area contributed by atoms with Gasteiger partial charge >= 0.3 is 5.97 Å². The van der Waals surface area contributed by atoms with Crippen LogP contribution in [0.4, 0.5) is 0 Å². The second-order valence-electron chi connectivity index (χ2n) is 3.71. The molecule has 16 heavy (non-hydrogen) atoms. The molecule has 92 valence electrons. The number of rotatable bonds is 3. The summed E-state index contributed by atoms with van der Waals surface area (Å²) in [4.78, 5) is 27.8. The molecule has 0 aromatic rings. The van der Waals surface area contributed by atoms with Crippen LogP contribution in [-0.2, 0) is 19.2 Å². The fraction of sp³-hybridized carbons (Fsp3) is 0.778. The highest BCUT2D eigenvalue weighted by molar-refractivity contribution is 5.81. The zero-order valence-corrected chi connectivity index (χ0v) is 9.60. The molecule has 1 aliphatic heterocycles. The number of ether oxygens (including phenoxy) is 1. The maximum absolute atomic E-state index is 11.4. The van der Waals surface area contributed by atoms with Crippen molar-refractivity contribution in [1.29, 1.82) is 0 Å².